The Kier molecular flexibility index (Phi) is 4.37. The van der Waals surface area contributed by atoms with Gasteiger partial charge in [-0.25, -0.2) is 0 Å². The molecule has 1 heterocycles. The van der Waals surface area contributed by atoms with E-state index in [4.69, 9.17) is 11.6 Å². The summed E-state index contributed by atoms with van der Waals surface area (Å²) in [6.45, 7) is 0.486. The Labute approximate surface area is 92.9 Å². The van der Waals surface area contributed by atoms with E-state index in [-0.39, 0.29) is 17.0 Å². The lowest BCUT2D eigenvalue weighted by atomic mass is 10.2. The van der Waals surface area contributed by atoms with Gasteiger partial charge in [-0.3, -0.25) is 9.59 Å². The van der Waals surface area contributed by atoms with Crippen LogP contribution in [0.25, 0.3) is 0 Å². The number of carbonyl (C=O) groups is 1. The van der Waals surface area contributed by atoms with E-state index in [0.29, 0.717) is 18.8 Å². The highest BCUT2D eigenvalue weighted by Gasteiger charge is 2.09. The predicted molar refractivity (Wildman–Crippen MR) is 59.4 cm³/mol. The second kappa shape index (κ2) is 5.56. The molecule has 0 aromatic carbocycles. The summed E-state index contributed by atoms with van der Waals surface area (Å²) in [6.07, 6.45) is 2.30. The molecule has 0 aliphatic heterocycles. The average molecular weight is 229 g/mol. The standard InChI is InChI=1S/C10H13ClN2O2/c1-13-7-2-4-8(10(13)15)9(14)12-6-3-5-11/h2,4,7H,3,5-6H2,1H3,(H,12,14). The minimum absolute atomic E-state index is 0.162. The predicted octanol–water partition coefficient (Wildman–Crippen LogP) is 0.744. The molecule has 82 valence electrons. The molecule has 4 nitrogen and oxygen atoms in total. The molecule has 1 N–H and O–H groups in total. The summed E-state index contributed by atoms with van der Waals surface area (Å²) in [6, 6.07) is 3.18. The van der Waals surface area contributed by atoms with Gasteiger partial charge in [0.15, 0.2) is 0 Å². The maximum Gasteiger partial charge on any atom is 0.263 e. The molecule has 0 saturated carbocycles. The Morgan fingerprint density at radius 1 is 1.60 bits per heavy atom. The number of pyridine rings is 1. The molecule has 0 saturated heterocycles. The molecule has 1 rings (SSSR count). The van der Waals surface area contributed by atoms with E-state index >= 15 is 0 Å². The first-order valence-corrected chi connectivity index (χ1v) is 5.20. The summed E-state index contributed by atoms with van der Waals surface area (Å²) in [5, 5.41) is 2.63. The second-order valence-electron chi connectivity index (χ2n) is 3.14. The smallest absolute Gasteiger partial charge is 0.263 e. The van der Waals surface area contributed by atoms with Crippen molar-refractivity contribution in [3.8, 4) is 0 Å². The third-order valence-electron chi connectivity index (χ3n) is 1.96. The number of nitrogens with one attached hydrogen (secondary N) is 1. The molecule has 0 fully saturated rings. The minimum atomic E-state index is -0.346. The molecule has 1 aromatic rings. The van der Waals surface area contributed by atoms with E-state index in [2.05, 4.69) is 5.32 Å². The minimum Gasteiger partial charge on any atom is -0.352 e. The first-order chi connectivity index (χ1) is 7.16. The molecule has 0 radical (unpaired) electrons. The van der Waals surface area contributed by atoms with Crippen LogP contribution in [0, 0.1) is 0 Å². The van der Waals surface area contributed by atoms with Crippen LogP contribution in [0.1, 0.15) is 16.8 Å². The summed E-state index contributed by atoms with van der Waals surface area (Å²) < 4.78 is 1.37. The van der Waals surface area contributed by atoms with Gasteiger partial charge < -0.3 is 9.88 Å². The van der Waals surface area contributed by atoms with E-state index in [1.54, 1.807) is 19.3 Å². The topological polar surface area (TPSA) is 51.1 Å². The number of rotatable bonds is 4. The quantitative estimate of drug-likeness (QED) is 0.611. The highest BCUT2D eigenvalue weighted by atomic mass is 35.5. The maximum atomic E-state index is 11.5. The fourth-order valence-electron chi connectivity index (χ4n) is 1.13. The largest absolute Gasteiger partial charge is 0.352 e. The molecule has 0 unspecified atom stereocenters. The van der Waals surface area contributed by atoms with Crippen LogP contribution < -0.4 is 10.9 Å². The summed E-state index contributed by atoms with van der Waals surface area (Å²) in [7, 11) is 1.61. The van der Waals surface area contributed by atoms with Crippen LogP contribution in [0.4, 0.5) is 0 Å². The van der Waals surface area contributed by atoms with Crippen molar-refractivity contribution >= 4 is 17.5 Å². The summed E-state index contributed by atoms with van der Waals surface area (Å²) in [5.74, 6) is 0.147. The van der Waals surface area contributed by atoms with Gasteiger partial charge in [0.25, 0.3) is 11.5 Å². The average Bonchev–Trinajstić information content (AvgIpc) is 2.22. The zero-order valence-electron chi connectivity index (χ0n) is 8.50. The lowest BCUT2D eigenvalue weighted by Gasteiger charge is -2.04. The van der Waals surface area contributed by atoms with Crippen LogP contribution in [-0.2, 0) is 7.05 Å². The molecular weight excluding hydrogens is 216 g/mol. The first-order valence-electron chi connectivity index (χ1n) is 4.66. The number of amides is 1. The van der Waals surface area contributed by atoms with Crippen molar-refractivity contribution in [3.63, 3.8) is 0 Å². The van der Waals surface area contributed by atoms with Crippen LogP contribution >= 0.6 is 11.6 Å². The molecule has 1 aromatic heterocycles. The van der Waals surface area contributed by atoms with Crippen molar-refractivity contribution in [1.29, 1.82) is 0 Å². The number of aryl methyl sites for hydroxylation is 1. The number of nitrogens with zero attached hydrogens (tertiary/aromatic N) is 1. The number of alkyl halides is 1. The van der Waals surface area contributed by atoms with Crippen LogP contribution in [0.5, 0.6) is 0 Å². The van der Waals surface area contributed by atoms with Crippen LogP contribution in [0.2, 0.25) is 0 Å². The molecule has 0 atom stereocenters. The zero-order chi connectivity index (χ0) is 11.3. The number of carbonyl (C=O) groups excluding carboxylic acids is 1. The molecule has 0 bridgehead atoms. The van der Waals surface area contributed by atoms with Gasteiger partial charge in [0.2, 0.25) is 0 Å². The molecule has 1 amide bonds. The Morgan fingerprint density at radius 2 is 2.33 bits per heavy atom. The second-order valence-corrected chi connectivity index (χ2v) is 3.51. The lowest BCUT2D eigenvalue weighted by Crippen LogP contribution is -2.32. The fourth-order valence-corrected chi connectivity index (χ4v) is 1.27. The van der Waals surface area contributed by atoms with Crippen molar-refractivity contribution in [1.82, 2.24) is 9.88 Å². The van der Waals surface area contributed by atoms with Gasteiger partial charge in [0, 0.05) is 25.7 Å². The molecule has 0 spiro atoms. The van der Waals surface area contributed by atoms with E-state index in [1.807, 2.05) is 0 Å². The van der Waals surface area contributed by atoms with Gasteiger partial charge in [-0.15, -0.1) is 11.6 Å². The van der Waals surface area contributed by atoms with Crippen LogP contribution in [0.3, 0.4) is 0 Å². The number of hydrogen-bond acceptors (Lipinski definition) is 2. The SMILES string of the molecule is Cn1cccc(C(=O)NCCCCl)c1=O. The Morgan fingerprint density at radius 3 is 3.00 bits per heavy atom. The van der Waals surface area contributed by atoms with Crippen LogP contribution in [-0.4, -0.2) is 22.9 Å². The summed E-state index contributed by atoms with van der Waals surface area (Å²) in [4.78, 5) is 23.0. The lowest BCUT2D eigenvalue weighted by molar-refractivity contribution is 0.0952. The fraction of sp³-hybridized carbons (Fsp3) is 0.400. The van der Waals surface area contributed by atoms with E-state index in [9.17, 15) is 9.59 Å². The van der Waals surface area contributed by atoms with Crippen molar-refractivity contribution < 1.29 is 4.79 Å². The van der Waals surface area contributed by atoms with Gasteiger partial charge in [-0.05, 0) is 18.6 Å². The van der Waals surface area contributed by atoms with E-state index in [1.165, 1.54) is 10.6 Å². The molecule has 5 heteroatoms. The van der Waals surface area contributed by atoms with Gasteiger partial charge in [-0.2, -0.15) is 0 Å². The van der Waals surface area contributed by atoms with E-state index in [0.717, 1.165) is 0 Å². The van der Waals surface area contributed by atoms with Crippen molar-refractivity contribution in [2.75, 3.05) is 12.4 Å². The zero-order valence-corrected chi connectivity index (χ0v) is 9.25. The third kappa shape index (κ3) is 3.09. The van der Waals surface area contributed by atoms with Crippen LogP contribution in [0.15, 0.2) is 23.1 Å². The van der Waals surface area contributed by atoms with Gasteiger partial charge in [0.05, 0.1) is 0 Å². The Bertz CT molecular complexity index is 401. The van der Waals surface area contributed by atoms with Gasteiger partial charge >= 0.3 is 0 Å². The summed E-state index contributed by atoms with van der Waals surface area (Å²) >= 11 is 5.47. The van der Waals surface area contributed by atoms with Gasteiger partial charge in [0.1, 0.15) is 5.56 Å². The van der Waals surface area contributed by atoms with Crippen molar-refractivity contribution in [2.45, 2.75) is 6.42 Å². The molecular formula is C10H13ClN2O2. The van der Waals surface area contributed by atoms with E-state index < -0.39 is 0 Å². The highest BCUT2D eigenvalue weighted by molar-refractivity contribution is 6.17. The normalized spacial score (nSPS) is 10.0. The number of hydrogen-bond donors (Lipinski definition) is 1. The summed E-state index contributed by atoms with van der Waals surface area (Å²) in [5.41, 5.74) is -0.129. The number of aromatic nitrogens is 1. The van der Waals surface area contributed by atoms with Crippen molar-refractivity contribution in [3.05, 3.63) is 34.2 Å². The maximum absolute atomic E-state index is 11.5. The highest BCUT2D eigenvalue weighted by Crippen LogP contribution is 1.91. The Hall–Kier alpha value is -1.29. The monoisotopic (exact) mass is 228 g/mol. The third-order valence-corrected chi connectivity index (χ3v) is 2.23. The first kappa shape index (κ1) is 11.8. The van der Waals surface area contributed by atoms with Crippen molar-refractivity contribution in [2.24, 2.45) is 7.05 Å². The molecule has 15 heavy (non-hydrogen) atoms. The molecule has 0 aliphatic carbocycles. The number of halogens is 1. The molecule has 0 aliphatic rings. The van der Waals surface area contributed by atoms with Gasteiger partial charge in [-0.1, -0.05) is 0 Å². The Balaban J connectivity index is 2.74.